The largest absolute Gasteiger partial charge is 0.490 e. The molecule has 0 aliphatic carbocycles. The van der Waals surface area contributed by atoms with Crippen molar-refractivity contribution in [3.05, 3.63) is 24.0 Å². The number of nitrogens with zero attached hydrogens (tertiary/aromatic N) is 1. The first-order chi connectivity index (χ1) is 7.29. The van der Waals surface area contributed by atoms with Crippen LogP contribution in [-0.4, -0.2) is 38.4 Å². The standard InChI is InChI=1S/C10H13NO4/c1-13-5-6-15-9-3-4-11-7-8(9)10(12)14-2/h3-4,7H,5-6H2,1-2H3. The summed E-state index contributed by atoms with van der Waals surface area (Å²) in [7, 11) is 2.89. The Morgan fingerprint density at radius 1 is 1.40 bits per heavy atom. The Bertz CT molecular complexity index is 327. The minimum absolute atomic E-state index is 0.316. The second kappa shape index (κ2) is 5.98. The molecule has 0 spiro atoms. The van der Waals surface area contributed by atoms with Crippen LogP contribution >= 0.6 is 0 Å². The number of hydrogen-bond acceptors (Lipinski definition) is 5. The normalized spacial score (nSPS) is 9.73. The number of hydrogen-bond donors (Lipinski definition) is 0. The van der Waals surface area contributed by atoms with Gasteiger partial charge in [-0.1, -0.05) is 0 Å². The molecule has 82 valence electrons. The molecule has 0 saturated carbocycles. The van der Waals surface area contributed by atoms with E-state index in [0.717, 1.165) is 0 Å². The van der Waals surface area contributed by atoms with Crippen LogP contribution in [0.25, 0.3) is 0 Å². The molecular formula is C10H13NO4. The van der Waals surface area contributed by atoms with Gasteiger partial charge in [0, 0.05) is 19.5 Å². The van der Waals surface area contributed by atoms with E-state index in [2.05, 4.69) is 9.72 Å². The second-order valence-corrected chi connectivity index (χ2v) is 2.70. The maximum Gasteiger partial charge on any atom is 0.343 e. The highest BCUT2D eigenvalue weighted by atomic mass is 16.5. The first kappa shape index (κ1) is 11.5. The molecule has 0 radical (unpaired) electrons. The Hall–Kier alpha value is -1.62. The third kappa shape index (κ3) is 3.21. The van der Waals surface area contributed by atoms with Crippen molar-refractivity contribution >= 4 is 5.97 Å². The predicted octanol–water partition coefficient (Wildman–Crippen LogP) is 0.893. The molecule has 1 aromatic rings. The van der Waals surface area contributed by atoms with Crippen LogP contribution in [0.15, 0.2) is 18.5 Å². The lowest BCUT2D eigenvalue weighted by Crippen LogP contribution is -2.09. The molecule has 0 fully saturated rings. The van der Waals surface area contributed by atoms with Crippen LogP contribution < -0.4 is 4.74 Å². The van der Waals surface area contributed by atoms with E-state index in [1.54, 1.807) is 19.4 Å². The zero-order valence-electron chi connectivity index (χ0n) is 8.73. The van der Waals surface area contributed by atoms with Crippen molar-refractivity contribution in [3.63, 3.8) is 0 Å². The van der Waals surface area contributed by atoms with Gasteiger partial charge in [0.1, 0.15) is 17.9 Å². The molecule has 1 heterocycles. The topological polar surface area (TPSA) is 57.7 Å². The summed E-state index contributed by atoms with van der Waals surface area (Å²) in [4.78, 5) is 15.1. The van der Waals surface area contributed by atoms with Gasteiger partial charge in [0.25, 0.3) is 0 Å². The summed E-state index contributed by atoms with van der Waals surface area (Å²) in [5, 5.41) is 0. The molecule has 1 aromatic heterocycles. The molecule has 5 heteroatoms. The van der Waals surface area contributed by atoms with Gasteiger partial charge in [0.2, 0.25) is 0 Å². The third-order valence-corrected chi connectivity index (χ3v) is 1.73. The van der Waals surface area contributed by atoms with E-state index >= 15 is 0 Å². The van der Waals surface area contributed by atoms with Gasteiger partial charge in [-0.25, -0.2) is 4.79 Å². The van der Waals surface area contributed by atoms with Crippen molar-refractivity contribution in [2.45, 2.75) is 0 Å². The van der Waals surface area contributed by atoms with Crippen molar-refractivity contribution < 1.29 is 19.0 Å². The van der Waals surface area contributed by atoms with E-state index in [1.807, 2.05) is 0 Å². The summed E-state index contributed by atoms with van der Waals surface area (Å²) >= 11 is 0. The van der Waals surface area contributed by atoms with Crippen LogP contribution in [0, 0.1) is 0 Å². The fraction of sp³-hybridized carbons (Fsp3) is 0.400. The number of carbonyl (C=O) groups excluding carboxylic acids is 1. The van der Waals surface area contributed by atoms with Gasteiger partial charge in [0.15, 0.2) is 0 Å². The number of carbonyl (C=O) groups is 1. The van der Waals surface area contributed by atoms with E-state index < -0.39 is 5.97 Å². The van der Waals surface area contributed by atoms with Gasteiger partial charge in [-0.2, -0.15) is 0 Å². The first-order valence-corrected chi connectivity index (χ1v) is 4.43. The maximum absolute atomic E-state index is 11.3. The van der Waals surface area contributed by atoms with Crippen LogP contribution in [-0.2, 0) is 9.47 Å². The average molecular weight is 211 g/mol. The Labute approximate surface area is 88.0 Å². The van der Waals surface area contributed by atoms with Gasteiger partial charge in [-0.3, -0.25) is 4.98 Å². The zero-order chi connectivity index (χ0) is 11.1. The molecule has 0 atom stereocenters. The van der Waals surface area contributed by atoms with Gasteiger partial charge >= 0.3 is 5.97 Å². The molecule has 0 N–H and O–H groups in total. The highest BCUT2D eigenvalue weighted by molar-refractivity contribution is 5.91. The highest BCUT2D eigenvalue weighted by Crippen LogP contribution is 2.17. The molecule has 0 aromatic carbocycles. The summed E-state index contributed by atoms with van der Waals surface area (Å²) < 4.78 is 14.8. The summed E-state index contributed by atoms with van der Waals surface area (Å²) in [6.07, 6.45) is 2.96. The van der Waals surface area contributed by atoms with Crippen molar-refractivity contribution in [1.82, 2.24) is 4.98 Å². The quantitative estimate of drug-likeness (QED) is 0.534. The highest BCUT2D eigenvalue weighted by Gasteiger charge is 2.12. The molecule has 5 nitrogen and oxygen atoms in total. The third-order valence-electron chi connectivity index (χ3n) is 1.73. The van der Waals surface area contributed by atoms with Gasteiger partial charge in [-0.05, 0) is 6.07 Å². The van der Waals surface area contributed by atoms with Gasteiger partial charge < -0.3 is 14.2 Å². The molecular weight excluding hydrogens is 198 g/mol. The number of ether oxygens (including phenoxy) is 3. The summed E-state index contributed by atoms with van der Waals surface area (Å²) in [5.41, 5.74) is 0.316. The van der Waals surface area contributed by atoms with Gasteiger partial charge in [-0.15, -0.1) is 0 Å². The molecule has 0 unspecified atom stereocenters. The van der Waals surface area contributed by atoms with Crippen LogP contribution in [0.5, 0.6) is 5.75 Å². The Kier molecular flexibility index (Phi) is 4.56. The van der Waals surface area contributed by atoms with Crippen LogP contribution in [0.3, 0.4) is 0 Å². The Morgan fingerprint density at radius 3 is 2.87 bits per heavy atom. The van der Waals surface area contributed by atoms with Crippen LogP contribution in [0.2, 0.25) is 0 Å². The lowest BCUT2D eigenvalue weighted by molar-refractivity contribution is 0.0593. The molecule has 0 aliphatic heterocycles. The van der Waals surface area contributed by atoms with Crippen LogP contribution in [0.4, 0.5) is 0 Å². The fourth-order valence-corrected chi connectivity index (χ4v) is 1.01. The number of methoxy groups -OCH3 is 2. The summed E-state index contributed by atoms with van der Waals surface area (Å²) in [5.74, 6) is -0.00980. The Morgan fingerprint density at radius 2 is 2.20 bits per heavy atom. The van der Waals surface area contributed by atoms with E-state index in [-0.39, 0.29) is 0 Å². The molecule has 0 aliphatic rings. The maximum atomic E-state index is 11.3. The molecule has 0 saturated heterocycles. The number of esters is 1. The molecule has 15 heavy (non-hydrogen) atoms. The van der Waals surface area contributed by atoms with E-state index in [4.69, 9.17) is 9.47 Å². The average Bonchev–Trinajstić information content (AvgIpc) is 2.29. The lowest BCUT2D eigenvalue weighted by atomic mass is 10.2. The second-order valence-electron chi connectivity index (χ2n) is 2.70. The van der Waals surface area contributed by atoms with E-state index in [1.165, 1.54) is 13.3 Å². The number of pyridine rings is 1. The van der Waals surface area contributed by atoms with Crippen molar-refractivity contribution in [3.8, 4) is 5.75 Å². The molecule has 0 amide bonds. The Balaban J connectivity index is 2.73. The van der Waals surface area contributed by atoms with Crippen LogP contribution in [0.1, 0.15) is 10.4 Å². The molecule has 1 rings (SSSR count). The number of rotatable bonds is 5. The molecule has 0 bridgehead atoms. The van der Waals surface area contributed by atoms with Gasteiger partial charge in [0.05, 0.1) is 13.7 Å². The summed E-state index contributed by atoms with van der Waals surface area (Å²) in [6, 6.07) is 1.61. The zero-order valence-corrected chi connectivity index (χ0v) is 8.73. The van der Waals surface area contributed by atoms with Crippen molar-refractivity contribution in [2.75, 3.05) is 27.4 Å². The number of aromatic nitrogens is 1. The smallest absolute Gasteiger partial charge is 0.343 e. The minimum atomic E-state index is -0.462. The minimum Gasteiger partial charge on any atom is -0.490 e. The van der Waals surface area contributed by atoms with Crippen molar-refractivity contribution in [2.24, 2.45) is 0 Å². The first-order valence-electron chi connectivity index (χ1n) is 4.43. The van der Waals surface area contributed by atoms with E-state index in [0.29, 0.717) is 24.5 Å². The monoisotopic (exact) mass is 211 g/mol. The van der Waals surface area contributed by atoms with Crippen molar-refractivity contribution in [1.29, 1.82) is 0 Å². The fourth-order valence-electron chi connectivity index (χ4n) is 1.01. The SMILES string of the molecule is COCCOc1ccncc1C(=O)OC. The predicted molar refractivity (Wildman–Crippen MR) is 52.9 cm³/mol. The summed E-state index contributed by atoms with van der Waals surface area (Å²) in [6.45, 7) is 0.841. The lowest BCUT2D eigenvalue weighted by Gasteiger charge is -2.08. The van der Waals surface area contributed by atoms with E-state index in [9.17, 15) is 4.79 Å².